The molecule has 0 atom stereocenters. The molecule has 0 saturated carbocycles. The first-order valence-corrected chi connectivity index (χ1v) is 7.10. The minimum atomic E-state index is -0.471. The fraction of sp³-hybridized carbons (Fsp3) is 0.111. The molecule has 116 valence electrons. The van der Waals surface area contributed by atoms with Gasteiger partial charge in [0.2, 0.25) is 0 Å². The second kappa shape index (κ2) is 6.36. The lowest BCUT2D eigenvalue weighted by Gasteiger charge is -2.03. The molecule has 0 aliphatic rings. The summed E-state index contributed by atoms with van der Waals surface area (Å²) in [5.41, 5.74) is 2.15. The number of aromatic nitrogens is 1. The summed E-state index contributed by atoms with van der Waals surface area (Å²) < 4.78 is 10.0. The number of rotatable bonds is 4. The van der Waals surface area contributed by atoms with Crippen molar-refractivity contribution in [3.63, 3.8) is 0 Å². The number of fused-ring (bicyclic) bond motifs is 1. The Bertz CT molecular complexity index is 852. The summed E-state index contributed by atoms with van der Waals surface area (Å²) in [5.74, 6) is -0.928. The Hall–Kier alpha value is -3.08. The van der Waals surface area contributed by atoms with E-state index in [2.05, 4.69) is 4.98 Å². The van der Waals surface area contributed by atoms with Gasteiger partial charge in [-0.15, -0.1) is 0 Å². The Morgan fingerprint density at radius 2 is 1.78 bits per heavy atom. The van der Waals surface area contributed by atoms with Gasteiger partial charge >= 0.3 is 11.9 Å². The average molecular weight is 309 g/mol. The summed E-state index contributed by atoms with van der Waals surface area (Å²) >= 11 is 0. The number of methoxy groups -OCH3 is 1. The van der Waals surface area contributed by atoms with Crippen LogP contribution in [0.4, 0.5) is 0 Å². The van der Waals surface area contributed by atoms with Crippen LogP contribution < -0.4 is 0 Å². The first kappa shape index (κ1) is 14.8. The number of para-hydroxylation sites is 1. The number of carbonyl (C=O) groups excluding carboxylic acids is 2. The minimum Gasteiger partial charge on any atom is -0.465 e. The molecule has 0 unspecified atom stereocenters. The Labute approximate surface area is 132 Å². The number of esters is 2. The zero-order valence-electron chi connectivity index (χ0n) is 12.5. The van der Waals surface area contributed by atoms with Crippen LogP contribution in [0.25, 0.3) is 10.9 Å². The van der Waals surface area contributed by atoms with E-state index in [1.165, 1.54) is 7.11 Å². The van der Waals surface area contributed by atoms with Crippen LogP contribution in [0, 0.1) is 0 Å². The van der Waals surface area contributed by atoms with E-state index in [9.17, 15) is 9.59 Å². The van der Waals surface area contributed by atoms with E-state index in [4.69, 9.17) is 9.47 Å². The average Bonchev–Trinajstić information content (AvgIpc) is 3.04. The first-order valence-electron chi connectivity index (χ1n) is 7.10. The van der Waals surface area contributed by atoms with Crippen molar-refractivity contribution >= 4 is 22.8 Å². The maximum atomic E-state index is 12.2. The fourth-order valence-corrected chi connectivity index (χ4v) is 2.35. The van der Waals surface area contributed by atoms with Crippen LogP contribution >= 0.6 is 0 Å². The van der Waals surface area contributed by atoms with Gasteiger partial charge in [0.15, 0.2) is 0 Å². The van der Waals surface area contributed by atoms with Gasteiger partial charge in [0.1, 0.15) is 12.3 Å². The number of benzene rings is 2. The van der Waals surface area contributed by atoms with Crippen molar-refractivity contribution in [3.05, 3.63) is 71.4 Å². The van der Waals surface area contributed by atoms with Gasteiger partial charge in [0.05, 0.1) is 18.2 Å². The molecule has 0 aliphatic heterocycles. The minimum absolute atomic E-state index is 0.193. The summed E-state index contributed by atoms with van der Waals surface area (Å²) in [6.45, 7) is 0.193. The van der Waals surface area contributed by atoms with E-state index < -0.39 is 11.9 Å². The molecule has 0 aliphatic carbocycles. The third-order valence-electron chi connectivity index (χ3n) is 3.49. The Kier molecular flexibility index (Phi) is 4.10. The number of carbonyl (C=O) groups is 2. The van der Waals surface area contributed by atoms with Crippen LogP contribution in [0.2, 0.25) is 0 Å². The van der Waals surface area contributed by atoms with Gasteiger partial charge in [-0.05, 0) is 17.7 Å². The van der Waals surface area contributed by atoms with Crippen LogP contribution in [0.15, 0.2) is 54.6 Å². The van der Waals surface area contributed by atoms with Crippen molar-refractivity contribution in [2.45, 2.75) is 6.61 Å². The Balaban J connectivity index is 1.83. The molecule has 3 aromatic rings. The fourth-order valence-electron chi connectivity index (χ4n) is 2.35. The molecular weight excluding hydrogens is 294 g/mol. The highest BCUT2D eigenvalue weighted by atomic mass is 16.5. The van der Waals surface area contributed by atoms with E-state index >= 15 is 0 Å². The summed E-state index contributed by atoms with van der Waals surface area (Å²) in [7, 11) is 1.32. The summed E-state index contributed by atoms with van der Waals surface area (Å²) in [5, 5.41) is 0.750. The third-order valence-corrected chi connectivity index (χ3v) is 3.49. The van der Waals surface area contributed by atoms with Gasteiger partial charge in [0.25, 0.3) is 0 Å². The van der Waals surface area contributed by atoms with Crippen molar-refractivity contribution in [1.82, 2.24) is 4.98 Å². The van der Waals surface area contributed by atoms with Crippen LogP contribution in [-0.4, -0.2) is 24.0 Å². The van der Waals surface area contributed by atoms with Crippen LogP contribution in [0.3, 0.4) is 0 Å². The van der Waals surface area contributed by atoms with Gasteiger partial charge in [-0.1, -0.05) is 42.5 Å². The van der Waals surface area contributed by atoms with E-state index in [-0.39, 0.29) is 6.61 Å². The van der Waals surface area contributed by atoms with E-state index in [1.807, 2.05) is 36.4 Å². The highest BCUT2D eigenvalue weighted by Gasteiger charge is 2.16. The lowest BCUT2D eigenvalue weighted by atomic mass is 10.1. The van der Waals surface area contributed by atoms with Crippen LogP contribution in [0.1, 0.15) is 26.4 Å². The number of hydrogen-bond donors (Lipinski definition) is 1. The topological polar surface area (TPSA) is 68.4 Å². The number of hydrogen-bond acceptors (Lipinski definition) is 4. The van der Waals surface area contributed by atoms with E-state index in [1.54, 1.807) is 18.2 Å². The number of H-pyrrole nitrogens is 1. The zero-order chi connectivity index (χ0) is 16.2. The molecule has 1 N–H and O–H groups in total. The van der Waals surface area contributed by atoms with E-state index in [0.717, 1.165) is 10.9 Å². The molecule has 2 aromatic carbocycles. The molecule has 5 heteroatoms. The first-order chi connectivity index (χ1) is 11.2. The maximum Gasteiger partial charge on any atom is 0.355 e. The SMILES string of the molecule is COC(=O)c1cccc2cc(C(=O)OCc3ccccc3)[nH]c12. The smallest absolute Gasteiger partial charge is 0.355 e. The van der Waals surface area contributed by atoms with Crippen molar-refractivity contribution in [2.24, 2.45) is 0 Å². The van der Waals surface area contributed by atoms with Crippen molar-refractivity contribution in [2.75, 3.05) is 7.11 Å². The van der Waals surface area contributed by atoms with Crippen molar-refractivity contribution in [1.29, 1.82) is 0 Å². The highest BCUT2D eigenvalue weighted by molar-refractivity contribution is 6.05. The maximum absolute atomic E-state index is 12.2. The second-order valence-corrected chi connectivity index (χ2v) is 5.01. The van der Waals surface area contributed by atoms with Gasteiger partial charge in [-0.3, -0.25) is 0 Å². The van der Waals surface area contributed by atoms with Gasteiger partial charge in [0, 0.05) is 5.39 Å². The molecule has 1 aromatic heterocycles. The van der Waals surface area contributed by atoms with Crippen LogP contribution in [-0.2, 0) is 16.1 Å². The molecular formula is C18H15NO4. The molecule has 0 spiro atoms. The lowest BCUT2D eigenvalue weighted by Crippen LogP contribution is -2.06. The van der Waals surface area contributed by atoms with Crippen molar-refractivity contribution in [3.8, 4) is 0 Å². The molecule has 0 bridgehead atoms. The molecule has 0 saturated heterocycles. The standard InChI is InChI=1S/C18H15NO4/c1-22-17(20)14-9-5-8-13-10-15(19-16(13)14)18(21)23-11-12-6-3-2-4-7-12/h2-10,19H,11H2,1H3. The lowest BCUT2D eigenvalue weighted by molar-refractivity contribution is 0.0466. The highest BCUT2D eigenvalue weighted by Crippen LogP contribution is 2.21. The van der Waals surface area contributed by atoms with E-state index in [0.29, 0.717) is 16.8 Å². The summed E-state index contributed by atoms with van der Waals surface area (Å²) in [6, 6.07) is 16.3. The van der Waals surface area contributed by atoms with Crippen molar-refractivity contribution < 1.29 is 19.1 Å². The monoisotopic (exact) mass is 309 g/mol. The van der Waals surface area contributed by atoms with Gasteiger partial charge < -0.3 is 14.5 Å². The molecule has 1 heterocycles. The number of aromatic amines is 1. The third kappa shape index (κ3) is 3.08. The predicted octanol–water partition coefficient (Wildman–Crippen LogP) is 3.31. The zero-order valence-corrected chi connectivity index (χ0v) is 12.5. The molecule has 3 rings (SSSR count). The molecule has 0 amide bonds. The normalized spacial score (nSPS) is 10.5. The van der Waals surface area contributed by atoms with Crippen LogP contribution in [0.5, 0.6) is 0 Å². The number of nitrogens with one attached hydrogen (secondary N) is 1. The molecule has 0 fully saturated rings. The van der Waals surface area contributed by atoms with Gasteiger partial charge in [-0.25, -0.2) is 9.59 Å². The summed E-state index contributed by atoms with van der Waals surface area (Å²) in [4.78, 5) is 26.9. The molecule has 23 heavy (non-hydrogen) atoms. The predicted molar refractivity (Wildman–Crippen MR) is 85.2 cm³/mol. The van der Waals surface area contributed by atoms with Gasteiger partial charge in [-0.2, -0.15) is 0 Å². The quantitative estimate of drug-likeness (QED) is 0.751. The second-order valence-electron chi connectivity index (χ2n) is 5.01. The summed E-state index contributed by atoms with van der Waals surface area (Å²) in [6.07, 6.45) is 0. The number of ether oxygens (including phenoxy) is 2. The Morgan fingerprint density at radius 3 is 2.52 bits per heavy atom. The largest absolute Gasteiger partial charge is 0.465 e. The Morgan fingerprint density at radius 1 is 1.00 bits per heavy atom. The molecule has 5 nitrogen and oxygen atoms in total. The molecule has 0 radical (unpaired) electrons.